The highest BCUT2D eigenvalue weighted by molar-refractivity contribution is 5.75. The Balaban J connectivity index is 1.90. The topological polar surface area (TPSA) is 87.7 Å². The largest absolute Gasteiger partial charge is 0.481 e. The molecule has 3 atom stereocenters. The average Bonchev–Trinajstić information content (AvgIpc) is 3.00. The lowest BCUT2D eigenvalue weighted by molar-refractivity contribution is -0.137. The molecule has 6 heteroatoms. The molecule has 1 aromatic rings. The van der Waals surface area contributed by atoms with Gasteiger partial charge in [0.25, 0.3) is 0 Å². The van der Waals surface area contributed by atoms with Gasteiger partial charge in [0.15, 0.2) is 0 Å². The first-order valence-corrected chi connectivity index (χ1v) is 8.52. The third-order valence-electron chi connectivity index (χ3n) is 4.30. The molecule has 1 saturated heterocycles. The number of carboxylic acids is 1. The van der Waals surface area contributed by atoms with Crippen molar-refractivity contribution in [1.29, 1.82) is 0 Å². The highest BCUT2D eigenvalue weighted by Gasteiger charge is 2.28. The summed E-state index contributed by atoms with van der Waals surface area (Å²) >= 11 is 0. The third kappa shape index (κ3) is 5.85. The molecule has 1 fully saturated rings. The number of carbonyl (C=O) groups excluding carboxylic acids is 1. The molecule has 2 rings (SSSR count). The van der Waals surface area contributed by atoms with Crippen LogP contribution in [0.25, 0.3) is 0 Å². The fourth-order valence-corrected chi connectivity index (χ4v) is 3.03. The minimum Gasteiger partial charge on any atom is -0.481 e. The van der Waals surface area contributed by atoms with Crippen molar-refractivity contribution >= 4 is 12.0 Å². The number of ether oxygens (including phenoxy) is 1. The van der Waals surface area contributed by atoms with E-state index in [4.69, 9.17) is 9.84 Å². The van der Waals surface area contributed by atoms with Gasteiger partial charge in [-0.15, -0.1) is 0 Å². The van der Waals surface area contributed by atoms with Crippen molar-refractivity contribution in [3.05, 3.63) is 35.9 Å². The maximum atomic E-state index is 12.3. The number of urea groups is 1. The van der Waals surface area contributed by atoms with Gasteiger partial charge in [0, 0.05) is 19.1 Å². The lowest BCUT2D eigenvalue weighted by atomic mass is 10.0. The van der Waals surface area contributed by atoms with E-state index in [2.05, 4.69) is 10.6 Å². The molecule has 0 saturated carbocycles. The van der Waals surface area contributed by atoms with Crippen LogP contribution in [0.5, 0.6) is 0 Å². The molecule has 6 nitrogen and oxygen atoms in total. The maximum absolute atomic E-state index is 12.3. The first-order valence-electron chi connectivity index (χ1n) is 8.52. The molecule has 0 spiro atoms. The number of aliphatic carboxylic acids is 1. The van der Waals surface area contributed by atoms with Crippen LogP contribution >= 0.6 is 0 Å². The van der Waals surface area contributed by atoms with Crippen molar-refractivity contribution in [2.45, 2.75) is 57.2 Å². The number of hydrogen-bond acceptors (Lipinski definition) is 3. The Bertz CT molecular complexity index is 535. The standard InChI is InChI=1S/C18H26N2O4/c1-2-16-15(10-11-24-16)20-18(23)19-14(8-9-17(21)22)12-13-6-4-3-5-7-13/h3-7,14-16H,2,8-12H2,1H3,(H,21,22)(H2,19,20,23)/t14?,15-,16+/m1/s1. The minimum absolute atomic E-state index is 0.0202. The van der Waals surface area contributed by atoms with E-state index in [0.29, 0.717) is 19.4 Å². The smallest absolute Gasteiger partial charge is 0.315 e. The molecule has 1 aliphatic rings. The summed E-state index contributed by atoms with van der Waals surface area (Å²) in [4.78, 5) is 23.1. The lowest BCUT2D eigenvalue weighted by Crippen LogP contribution is -2.49. The summed E-state index contributed by atoms with van der Waals surface area (Å²) in [6, 6.07) is 9.31. The summed E-state index contributed by atoms with van der Waals surface area (Å²) in [5, 5.41) is 14.8. The van der Waals surface area contributed by atoms with Gasteiger partial charge in [-0.3, -0.25) is 4.79 Å². The Morgan fingerprint density at radius 2 is 2.08 bits per heavy atom. The molecule has 2 amide bonds. The molecule has 1 unspecified atom stereocenters. The second-order valence-corrected chi connectivity index (χ2v) is 6.15. The summed E-state index contributed by atoms with van der Waals surface area (Å²) in [6.45, 7) is 2.70. The average molecular weight is 334 g/mol. The zero-order valence-electron chi connectivity index (χ0n) is 14.0. The molecule has 3 N–H and O–H groups in total. The number of nitrogens with one attached hydrogen (secondary N) is 2. The van der Waals surface area contributed by atoms with Gasteiger partial charge >= 0.3 is 12.0 Å². The molecule has 1 aromatic carbocycles. The van der Waals surface area contributed by atoms with E-state index in [0.717, 1.165) is 18.4 Å². The van der Waals surface area contributed by atoms with Gasteiger partial charge < -0.3 is 20.5 Å². The second-order valence-electron chi connectivity index (χ2n) is 6.15. The van der Waals surface area contributed by atoms with Crippen LogP contribution in [0.3, 0.4) is 0 Å². The Morgan fingerprint density at radius 1 is 1.33 bits per heavy atom. The lowest BCUT2D eigenvalue weighted by Gasteiger charge is -2.22. The predicted octanol–water partition coefficient (Wildman–Crippen LogP) is 2.33. The quantitative estimate of drug-likeness (QED) is 0.681. The van der Waals surface area contributed by atoms with Crippen molar-refractivity contribution in [3.63, 3.8) is 0 Å². The maximum Gasteiger partial charge on any atom is 0.315 e. The van der Waals surface area contributed by atoms with Crippen LogP contribution in [-0.4, -0.2) is 41.9 Å². The highest BCUT2D eigenvalue weighted by Crippen LogP contribution is 2.16. The van der Waals surface area contributed by atoms with Gasteiger partial charge in [-0.2, -0.15) is 0 Å². The molecule has 0 aromatic heterocycles. The fourth-order valence-electron chi connectivity index (χ4n) is 3.03. The summed E-state index contributed by atoms with van der Waals surface area (Å²) < 4.78 is 5.57. The second kappa shape index (κ2) is 9.27. The van der Waals surface area contributed by atoms with Crippen LogP contribution < -0.4 is 10.6 Å². The molecule has 1 aliphatic heterocycles. The zero-order valence-corrected chi connectivity index (χ0v) is 14.0. The van der Waals surface area contributed by atoms with Gasteiger partial charge in [-0.25, -0.2) is 4.79 Å². The SMILES string of the molecule is CC[C@@H]1OCC[C@H]1NC(=O)NC(CCC(=O)O)Cc1ccccc1. The molecule has 0 aliphatic carbocycles. The van der Waals surface area contributed by atoms with Gasteiger partial charge in [0.2, 0.25) is 0 Å². The van der Waals surface area contributed by atoms with Crippen molar-refractivity contribution in [1.82, 2.24) is 10.6 Å². The molecule has 1 heterocycles. The van der Waals surface area contributed by atoms with E-state index in [1.165, 1.54) is 0 Å². The van der Waals surface area contributed by atoms with E-state index in [1.807, 2.05) is 37.3 Å². The molecular formula is C18H26N2O4. The van der Waals surface area contributed by atoms with Gasteiger partial charge in [-0.1, -0.05) is 37.3 Å². The van der Waals surface area contributed by atoms with Crippen molar-refractivity contribution in [2.75, 3.05) is 6.61 Å². The summed E-state index contributed by atoms with van der Waals surface area (Å²) in [7, 11) is 0. The van der Waals surface area contributed by atoms with E-state index < -0.39 is 5.97 Å². The predicted molar refractivity (Wildman–Crippen MR) is 90.9 cm³/mol. The van der Waals surface area contributed by atoms with Gasteiger partial charge in [-0.05, 0) is 31.2 Å². The van der Waals surface area contributed by atoms with Crippen LogP contribution in [-0.2, 0) is 16.0 Å². The number of benzene rings is 1. The summed E-state index contributed by atoms with van der Waals surface area (Å²) in [5.74, 6) is -0.856. The zero-order chi connectivity index (χ0) is 17.4. The van der Waals surface area contributed by atoms with Crippen LogP contribution in [0, 0.1) is 0 Å². The first-order chi connectivity index (χ1) is 11.6. The number of hydrogen-bond donors (Lipinski definition) is 3. The van der Waals surface area contributed by atoms with Crippen molar-refractivity contribution < 1.29 is 19.4 Å². The normalized spacial score (nSPS) is 21.2. The van der Waals surface area contributed by atoms with Crippen LogP contribution in [0.2, 0.25) is 0 Å². The molecule has 24 heavy (non-hydrogen) atoms. The Morgan fingerprint density at radius 3 is 2.75 bits per heavy atom. The Kier molecular flexibility index (Phi) is 7.06. The monoisotopic (exact) mass is 334 g/mol. The molecule has 0 bridgehead atoms. The third-order valence-corrected chi connectivity index (χ3v) is 4.30. The number of rotatable bonds is 8. The number of carboxylic acid groups (broad SMARTS) is 1. The van der Waals surface area contributed by atoms with Crippen LogP contribution in [0.4, 0.5) is 4.79 Å². The summed E-state index contributed by atoms with van der Waals surface area (Å²) in [5.41, 5.74) is 1.07. The van der Waals surface area contributed by atoms with Crippen LogP contribution in [0.1, 0.15) is 38.2 Å². The molecular weight excluding hydrogens is 308 g/mol. The van der Waals surface area contributed by atoms with Crippen molar-refractivity contribution in [2.24, 2.45) is 0 Å². The molecule has 0 radical (unpaired) electrons. The Labute approximate surface area is 142 Å². The van der Waals surface area contributed by atoms with E-state index in [-0.39, 0.29) is 30.6 Å². The summed E-state index contributed by atoms with van der Waals surface area (Å²) in [6.07, 6.45) is 2.77. The van der Waals surface area contributed by atoms with Crippen molar-refractivity contribution in [3.8, 4) is 0 Å². The van der Waals surface area contributed by atoms with Gasteiger partial charge in [0.1, 0.15) is 0 Å². The number of amides is 2. The van der Waals surface area contributed by atoms with Gasteiger partial charge in [0.05, 0.1) is 12.1 Å². The Hall–Kier alpha value is -2.08. The highest BCUT2D eigenvalue weighted by atomic mass is 16.5. The number of carbonyl (C=O) groups is 2. The minimum atomic E-state index is -0.856. The first kappa shape index (κ1) is 18.3. The van der Waals surface area contributed by atoms with E-state index in [1.54, 1.807) is 0 Å². The van der Waals surface area contributed by atoms with Crippen LogP contribution in [0.15, 0.2) is 30.3 Å². The van der Waals surface area contributed by atoms with E-state index in [9.17, 15) is 9.59 Å². The fraction of sp³-hybridized carbons (Fsp3) is 0.556. The molecule has 132 valence electrons. The van der Waals surface area contributed by atoms with E-state index >= 15 is 0 Å².